The summed E-state index contributed by atoms with van der Waals surface area (Å²) in [6, 6.07) is 8.41. The molecule has 0 saturated carbocycles. The van der Waals surface area contributed by atoms with E-state index in [2.05, 4.69) is 37.1 Å². The van der Waals surface area contributed by atoms with Crippen molar-refractivity contribution in [1.29, 1.82) is 0 Å². The summed E-state index contributed by atoms with van der Waals surface area (Å²) in [7, 11) is 3.90. The lowest BCUT2D eigenvalue weighted by Gasteiger charge is -2.16. The molecule has 35 heavy (non-hydrogen) atoms. The second-order valence-electron chi connectivity index (χ2n) is 7.86. The summed E-state index contributed by atoms with van der Waals surface area (Å²) in [5.74, 6) is 0.0262. The second-order valence-corrected chi connectivity index (χ2v) is 7.86. The van der Waals surface area contributed by atoms with Gasteiger partial charge in [-0.2, -0.15) is 0 Å². The third-order valence-electron chi connectivity index (χ3n) is 4.97. The molecule has 0 radical (unpaired) electrons. The maximum atomic E-state index is 13.8. The molecular weight excluding hydrogens is 449 g/mol. The van der Waals surface area contributed by atoms with E-state index >= 15 is 0 Å². The summed E-state index contributed by atoms with van der Waals surface area (Å²) >= 11 is 0. The van der Waals surface area contributed by atoms with Crippen LogP contribution >= 0.6 is 0 Å². The number of rotatable bonds is 9. The fourth-order valence-electron chi connectivity index (χ4n) is 3.27. The van der Waals surface area contributed by atoms with Gasteiger partial charge in [0.25, 0.3) is 0 Å². The fraction of sp³-hybridized carbons (Fsp3) is 0.160. The van der Waals surface area contributed by atoms with E-state index in [0.29, 0.717) is 51.8 Å². The van der Waals surface area contributed by atoms with Crippen molar-refractivity contribution in [2.24, 2.45) is 0 Å². The number of nitrogens with zero attached hydrogens (tertiary/aromatic N) is 5. The van der Waals surface area contributed by atoms with Crippen LogP contribution in [0.5, 0.6) is 5.75 Å². The first-order valence-corrected chi connectivity index (χ1v) is 10.8. The standard InChI is InChI=1S/C25H24FN7O2/c1-4-23(34)31-20-12-18(5-6-22(20)35-10-9-33(2)3)30-25-29-15-21-24(32-25)19(7-8-28-21)16-11-17(26)14-27-13-16/h4-8,11-15H,1,9-10H2,2-3H3,(H,31,34)(H,29,30,32). The number of anilines is 3. The van der Waals surface area contributed by atoms with Gasteiger partial charge in [-0.15, -0.1) is 0 Å². The van der Waals surface area contributed by atoms with Gasteiger partial charge in [0.15, 0.2) is 0 Å². The van der Waals surface area contributed by atoms with Crippen molar-refractivity contribution in [3.8, 4) is 16.9 Å². The molecule has 178 valence electrons. The molecule has 0 spiro atoms. The van der Waals surface area contributed by atoms with E-state index in [1.807, 2.05) is 19.0 Å². The zero-order valence-electron chi connectivity index (χ0n) is 19.3. The van der Waals surface area contributed by atoms with Crippen molar-refractivity contribution in [2.45, 2.75) is 0 Å². The highest BCUT2D eigenvalue weighted by Gasteiger charge is 2.12. The molecule has 3 heterocycles. The highest BCUT2D eigenvalue weighted by Crippen LogP contribution is 2.30. The number of nitrogens with one attached hydrogen (secondary N) is 2. The van der Waals surface area contributed by atoms with E-state index in [4.69, 9.17) is 4.74 Å². The van der Waals surface area contributed by atoms with Crippen LogP contribution in [0.2, 0.25) is 0 Å². The first-order valence-electron chi connectivity index (χ1n) is 10.8. The van der Waals surface area contributed by atoms with Crippen LogP contribution in [0.25, 0.3) is 22.2 Å². The third-order valence-corrected chi connectivity index (χ3v) is 4.97. The van der Waals surface area contributed by atoms with Gasteiger partial charge in [0.05, 0.1) is 18.1 Å². The summed E-state index contributed by atoms with van der Waals surface area (Å²) in [6.45, 7) is 4.67. The van der Waals surface area contributed by atoms with Crippen molar-refractivity contribution in [3.05, 3.63) is 73.6 Å². The number of halogens is 1. The number of amides is 1. The lowest BCUT2D eigenvalue weighted by atomic mass is 10.1. The van der Waals surface area contributed by atoms with Crippen molar-refractivity contribution in [1.82, 2.24) is 24.8 Å². The van der Waals surface area contributed by atoms with E-state index in [1.165, 1.54) is 12.1 Å². The maximum absolute atomic E-state index is 13.8. The average molecular weight is 474 g/mol. The number of hydrogen-bond acceptors (Lipinski definition) is 8. The van der Waals surface area contributed by atoms with E-state index in [1.54, 1.807) is 42.9 Å². The summed E-state index contributed by atoms with van der Waals surface area (Å²) in [6.07, 6.45) is 7.09. The monoisotopic (exact) mass is 473 g/mol. The Morgan fingerprint density at radius 3 is 2.80 bits per heavy atom. The van der Waals surface area contributed by atoms with Crippen molar-refractivity contribution >= 4 is 34.3 Å². The quantitative estimate of drug-likeness (QED) is 0.351. The van der Waals surface area contributed by atoms with Gasteiger partial charge in [0.2, 0.25) is 11.9 Å². The number of ether oxygens (including phenoxy) is 1. The minimum absolute atomic E-state index is 0.304. The van der Waals surface area contributed by atoms with E-state index in [0.717, 1.165) is 12.7 Å². The minimum Gasteiger partial charge on any atom is -0.490 e. The number of benzene rings is 1. The molecular formula is C25H24FN7O2. The molecule has 10 heteroatoms. The molecule has 3 aromatic heterocycles. The van der Waals surface area contributed by atoms with Crippen LogP contribution in [0, 0.1) is 5.82 Å². The Bertz CT molecular complexity index is 1380. The maximum Gasteiger partial charge on any atom is 0.247 e. The van der Waals surface area contributed by atoms with Gasteiger partial charge in [-0.3, -0.25) is 14.8 Å². The lowest BCUT2D eigenvalue weighted by molar-refractivity contribution is -0.111. The highest BCUT2D eigenvalue weighted by molar-refractivity contribution is 6.00. The Labute approximate surface area is 201 Å². The fourth-order valence-corrected chi connectivity index (χ4v) is 3.27. The third kappa shape index (κ3) is 5.92. The Balaban J connectivity index is 1.64. The Morgan fingerprint density at radius 1 is 1.17 bits per heavy atom. The summed E-state index contributed by atoms with van der Waals surface area (Å²) in [4.78, 5) is 31.1. The molecule has 9 nitrogen and oxygen atoms in total. The van der Waals surface area contributed by atoms with Gasteiger partial charge in [-0.05, 0) is 50.5 Å². The second kappa shape index (κ2) is 10.7. The SMILES string of the molecule is C=CC(=O)Nc1cc(Nc2ncc3nccc(-c4cncc(F)c4)c3n2)ccc1OCCN(C)C. The van der Waals surface area contributed by atoms with Gasteiger partial charge in [-0.25, -0.2) is 14.4 Å². The zero-order chi connectivity index (χ0) is 24.8. The van der Waals surface area contributed by atoms with Gasteiger partial charge in [-0.1, -0.05) is 6.58 Å². The summed E-state index contributed by atoms with van der Waals surface area (Å²) in [5, 5.41) is 5.90. The number of likely N-dealkylation sites (N-methyl/N-ethyl adjacent to an activating group) is 1. The van der Waals surface area contributed by atoms with Gasteiger partial charge in [0, 0.05) is 35.8 Å². The Kier molecular flexibility index (Phi) is 7.22. The molecule has 0 aliphatic carbocycles. The van der Waals surface area contributed by atoms with Gasteiger partial charge in [0.1, 0.15) is 29.2 Å². The van der Waals surface area contributed by atoms with E-state index < -0.39 is 5.82 Å². The largest absolute Gasteiger partial charge is 0.490 e. The molecule has 0 unspecified atom stereocenters. The van der Waals surface area contributed by atoms with Crippen LogP contribution in [0.1, 0.15) is 0 Å². The molecule has 4 aromatic rings. The van der Waals surface area contributed by atoms with Crippen LogP contribution in [0.15, 0.2) is 67.8 Å². The Morgan fingerprint density at radius 2 is 2.03 bits per heavy atom. The lowest BCUT2D eigenvalue weighted by Crippen LogP contribution is -2.20. The molecule has 2 N–H and O–H groups in total. The van der Waals surface area contributed by atoms with E-state index in [-0.39, 0.29) is 5.91 Å². The highest BCUT2D eigenvalue weighted by atomic mass is 19.1. The van der Waals surface area contributed by atoms with E-state index in [9.17, 15) is 9.18 Å². The van der Waals surface area contributed by atoms with Crippen molar-refractivity contribution < 1.29 is 13.9 Å². The molecule has 1 aromatic carbocycles. The number of carbonyl (C=O) groups is 1. The molecule has 0 aliphatic rings. The minimum atomic E-state index is -0.443. The first-order chi connectivity index (χ1) is 16.9. The summed E-state index contributed by atoms with van der Waals surface area (Å²) < 4.78 is 19.6. The molecule has 0 bridgehead atoms. The summed E-state index contributed by atoms with van der Waals surface area (Å²) in [5.41, 5.74) is 3.46. The predicted octanol–water partition coefficient (Wildman–Crippen LogP) is 4.03. The normalized spacial score (nSPS) is 10.9. The molecule has 4 rings (SSSR count). The number of fused-ring (bicyclic) bond motifs is 1. The zero-order valence-corrected chi connectivity index (χ0v) is 19.3. The van der Waals surface area contributed by atoms with Crippen molar-refractivity contribution in [2.75, 3.05) is 37.9 Å². The van der Waals surface area contributed by atoms with Crippen LogP contribution in [0.4, 0.5) is 21.7 Å². The number of aromatic nitrogens is 4. The van der Waals surface area contributed by atoms with Gasteiger partial charge >= 0.3 is 0 Å². The number of pyridine rings is 2. The number of hydrogen-bond donors (Lipinski definition) is 2. The topological polar surface area (TPSA) is 105 Å². The average Bonchev–Trinajstić information content (AvgIpc) is 2.84. The van der Waals surface area contributed by atoms with Crippen LogP contribution in [0.3, 0.4) is 0 Å². The van der Waals surface area contributed by atoms with Crippen LogP contribution < -0.4 is 15.4 Å². The molecule has 0 aliphatic heterocycles. The molecule has 0 saturated heterocycles. The molecule has 0 atom stereocenters. The predicted molar refractivity (Wildman–Crippen MR) is 133 cm³/mol. The molecule has 0 fully saturated rings. The van der Waals surface area contributed by atoms with Crippen molar-refractivity contribution in [3.63, 3.8) is 0 Å². The first kappa shape index (κ1) is 23.7. The Hall–Kier alpha value is -4.44. The molecule has 1 amide bonds. The van der Waals surface area contributed by atoms with Crippen LogP contribution in [-0.2, 0) is 4.79 Å². The van der Waals surface area contributed by atoms with Crippen LogP contribution in [-0.4, -0.2) is 58.0 Å². The smallest absolute Gasteiger partial charge is 0.247 e. The van der Waals surface area contributed by atoms with Gasteiger partial charge < -0.3 is 20.3 Å². The number of carbonyl (C=O) groups excluding carboxylic acids is 1.